The third-order valence-electron chi connectivity index (χ3n) is 4.42. The number of thiazole rings is 1. The van der Waals surface area contributed by atoms with E-state index >= 15 is 0 Å². The van der Waals surface area contributed by atoms with Crippen LogP contribution in [0.3, 0.4) is 0 Å². The Morgan fingerprint density at radius 1 is 1.31 bits per heavy atom. The molecule has 1 unspecified atom stereocenters. The Balaban J connectivity index is 1.76. The molecule has 1 atom stereocenters. The van der Waals surface area contributed by atoms with Gasteiger partial charge in [0.1, 0.15) is 11.3 Å². The summed E-state index contributed by atoms with van der Waals surface area (Å²) in [6, 6.07) is 10.1. The molecule has 4 nitrogen and oxygen atoms in total. The van der Waals surface area contributed by atoms with E-state index in [0.29, 0.717) is 12.5 Å². The molecule has 1 aliphatic rings. The molecule has 26 heavy (non-hydrogen) atoms. The van der Waals surface area contributed by atoms with Gasteiger partial charge in [0.05, 0.1) is 6.54 Å². The van der Waals surface area contributed by atoms with Crippen LogP contribution in [-0.4, -0.2) is 17.4 Å². The summed E-state index contributed by atoms with van der Waals surface area (Å²) in [5.41, 5.74) is 1.81. The molecule has 0 fully saturated rings. The van der Waals surface area contributed by atoms with Crippen molar-refractivity contribution in [1.82, 2.24) is 4.68 Å². The van der Waals surface area contributed by atoms with Gasteiger partial charge in [-0.25, -0.2) is 4.68 Å². The summed E-state index contributed by atoms with van der Waals surface area (Å²) in [6.07, 6.45) is 11.6. The fourth-order valence-corrected chi connectivity index (χ4v) is 3.88. The fraction of sp³-hybridized carbons (Fsp3) is 0.238. The van der Waals surface area contributed by atoms with E-state index in [-0.39, 0.29) is 0 Å². The van der Waals surface area contributed by atoms with Crippen LogP contribution in [0.5, 0.6) is 0 Å². The quantitative estimate of drug-likeness (QED) is 0.451. The molecule has 1 aliphatic carbocycles. The smallest absolute Gasteiger partial charge is 0.206 e. The first-order chi connectivity index (χ1) is 12.8. The van der Waals surface area contributed by atoms with Crippen molar-refractivity contribution in [1.29, 1.82) is 0 Å². The first-order valence-electron chi connectivity index (χ1n) is 8.85. The number of allylic oxidation sites excluding steroid dienone is 2. The third-order valence-corrected chi connectivity index (χ3v) is 5.28. The summed E-state index contributed by atoms with van der Waals surface area (Å²) < 4.78 is 7.94. The van der Waals surface area contributed by atoms with Crippen LogP contribution in [-0.2, 0) is 0 Å². The van der Waals surface area contributed by atoms with Gasteiger partial charge < -0.3 is 4.42 Å². The predicted octanol–water partition coefficient (Wildman–Crippen LogP) is 5.24. The average Bonchev–Trinajstić information content (AvgIpc) is 3.29. The molecule has 0 saturated carbocycles. The van der Waals surface area contributed by atoms with E-state index in [1.807, 2.05) is 22.9 Å². The summed E-state index contributed by atoms with van der Waals surface area (Å²) in [5, 5.41) is 7.91. The second-order valence-electron chi connectivity index (χ2n) is 6.30. The molecular formula is C21H21N3OS. The van der Waals surface area contributed by atoms with Gasteiger partial charge in [-0.05, 0) is 37.3 Å². The van der Waals surface area contributed by atoms with Crippen molar-refractivity contribution < 1.29 is 4.42 Å². The van der Waals surface area contributed by atoms with Gasteiger partial charge in [0, 0.05) is 17.0 Å². The van der Waals surface area contributed by atoms with Gasteiger partial charge in [0.15, 0.2) is 5.76 Å². The van der Waals surface area contributed by atoms with Crippen LogP contribution < -0.4 is 4.80 Å². The van der Waals surface area contributed by atoms with Crippen molar-refractivity contribution in [3.63, 3.8) is 0 Å². The lowest BCUT2D eigenvalue weighted by Gasteiger charge is -2.12. The summed E-state index contributed by atoms with van der Waals surface area (Å²) >= 11 is 1.57. The molecule has 0 bridgehead atoms. The Morgan fingerprint density at radius 3 is 3.04 bits per heavy atom. The number of fused-ring (bicyclic) bond motifs is 1. The first kappa shape index (κ1) is 16.8. The molecule has 0 radical (unpaired) electrons. The second-order valence-corrected chi connectivity index (χ2v) is 7.14. The number of hydrogen-bond donors (Lipinski definition) is 0. The van der Waals surface area contributed by atoms with Gasteiger partial charge in [-0.1, -0.05) is 36.4 Å². The Labute approximate surface area is 156 Å². The summed E-state index contributed by atoms with van der Waals surface area (Å²) in [5.74, 6) is 1.28. The number of benzene rings is 1. The third kappa shape index (κ3) is 3.48. The highest BCUT2D eigenvalue weighted by Crippen LogP contribution is 2.28. The first-order valence-corrected chi connectivity index (χ1v) is 9.73. The van der Waals surface area contributed by atoms with E-state index in [2.05, 4.69) is 47.5 Å². The lowest BCUT2D eigenvalue weighted by molar-refractivity contribution is 0.613. The van der Waals surface area contributed by atoms with Crippen molar-refractivity contribution in [3.8, 4) is 11.5 Å². The Bertz CT molecular complexity index is 1000. The van der Waals surface area contributed by atoms with Crippen LogP contribution in [0.4, 0.5) is 0 Å². The van der Waals surface area contributed by atoms with Crippen LogP contribution in [0.2, 0.25) is 0 Å². The van der Waals surface area contributed by atoms with E-state index in [9.17, 15) is 0 Å². The largest absolute Gasteiger partial charge is 0.454 e. The SMILES string of the molecule is C=CCN=c1scc(-c2cc3ccccc3o2)n1N=CC1CC=CCC1. The lowest BCUT2D eigenvalue weighted by Crippen LogP contribution is -2.14. The van der Waals surface area contributed by atoms with Crippen molar-refractivity contribution in [2.24, 2.45) is 16.0 Å². The zero-order valence-corrected chi connectivity index (χ0v) is 15.4. The van der Waals surface area contributed by atoms with Gasteiger partial charge in [-0.15, -0.1) is 17.9 Å². The summed E-state index contributed by atoms with van der Waals surface area (Å²) in [7, 11) is 0. The van der Waals surface area contributed by atoms with E-state index in [1.165, 1.54) is 0 Å². The van der Waals surface area contributed by atoms with Crippen LogP contribution >= 0.6 is 11.3 Å². The topological polar surface area (TPSA) is 42.8 Å². The molecule has 3 aromatic rings. The molecule has 0 N–H and O–H groups in total. The molecule has 0 saturated heterocycles. The Morgan fingerprint density at radius 2 is 2.23 bits per heavy atom. The summed E-state index contributed by atoms with van der Waals surface area (Å²) in [4.78, 5) is 5.43. The van der Waals surface area contributed by atoms with Crippen LogP contribution in [0.25, 0.3) is 22.4 Å². The molecule has 2 heterocycles. The molecule has 5 heteroatoms. The fourth-order valence-electron chi connectivity index (χ4n) is 3.05. The van der Waals surface area contributed by atoms with Gasteiger partial charge in [-0.3, -0.25) is 4.99 Å². The number of rotatable bonds is 5. The standard InChI is InChI=1S/C21H21N3OS/c1-2-12-22-21-24(23-14-16-8-4-3-5-9-16)18(15-26-21)20-13-17-10-6-7-11-19(17)25-20/h2-4,6-7,10-11,13-16H,1,5,8-9,12H2. The minimum atomic E-state index is 0.475. The summed E-state index contributed by atoms with van der Waals surface area (Å²) in [6.45, 7) is 4.33. The maximum absolute atomic E-state index is 6.04. The number of para-hydroxylation sites is 1. The van der Waals surface area contributed by atoms with Gasteiger partial charge >= 0.3 is 0 Å². The maximum Gasteiger partial charge on any atom is 0.206 e. The van der Waals surface area contributed by atoms with Crippen LogP contribution in [0.15, 0.2) is 75.0 Å². The molecule has 4 rings (SSSR count). The monoisotopic (exact) mass is 363 g/mol. The van der Waals surface area contributed by atoms with Gasteiger partial charge in [0.2, 0.25) is 4.80 Å². The molecule has 132 valence electrons. The molecule has 1 aromatic carbocycles. The molecular weight excluding hydrogens is 342 g/mol. The second kappa shape index (κ2) is 7.70. The maximum atomic E-state index is 6.04. The van der Waals surface area contributed by atoms with E-state index in [4.69, 9.17) is 9.52 Å². The normalized spacial score (nSPS) is 18.2. The number of furan rings is 1. The average molecular weight is 363 g/mol. The Kier molecular flexibility index (Phi) is 4.97. The van der Waals surface area contributed by atoms with Crippen LogP contribution in [0, 0.1) is 5.92 Å². The zero-order chi connectivity index (χ0) is 17.8. The highest BCUT2D eigenvalue weighted by molar-refractivity contribution is 7.07. The van der Waals surface area contributed by atoms with E-state index < -0.39 is 0 Å². The highest BCUT2D eigenvalue weighted by Gasteiger charge is 2.13. The molecule has 2 aromatic heterocycles. The molecule has 0 spiro atoms. The van der Waals surface area contributed by atoms with Crippen LogP contribution in [0.1, 0.15) is 19.3 Å². The van der Waals surface area contributed by atoms with Crippen molar-refractivity contribution >= 4 is 28.5 Å². The zero-order valence-electron chi connectivity index (χ0n) is 14.5. The highest BCUT2D eigenvalue weighted by atomic mass is 32.1. The molecule has 0 amide bonds. The minimum Gasteiger partial charge on any atom is -0.454 e. The lowest BCUT2D eigenvalue weighted by atomic mass is 9.96. The van der Waals surface area contributed by atoms with E-state index in [1.54, 1.807) is 17.4 Å². The number of hydrogen-bond acceptors (Lipinski definition) is 4. The Hall–Kier alpha value is -2.66. The van der Waals surface area contributed by atoms with Crippen molar-refractivity contribution in [2.45, 2.75) is 19.3 Å². The number of aromatic nitrogens is 1. The number of nitrogens with zero attached hydrogens (tertiary/aromatic N) is 3. The molecule has 0 aliphatic heterocycles. The van der Waals surface area contributed by atoms with Crippen molar-refractivity contribution in [2.75, 3.05) is 6.54 Å². The van der Waals surface area contributed by atoms with Gasteiger partial charge in [-0.2, -0.15) is 5.10 Å². The van der Waals surface area contributed by atoms with Crippen molar-refractivity contribution in [3.05, 3.63) is 65.3 Å². The minimum absolute atomic E-state index is 0.475. The van der Waals surface area contributed by atoms with E-state index in [0.717, 1.165) is 46.5 Å². The predicted molar refractivity (Wildman–Crippen MR) is 109 cm³/mol. The van der Waals surface area contributed by atoms with Gasteiger partial charge in [0.25, 0.3) is 0 Å².